The van der Waals surface area contributed by atoms with E-state index in [9.17, 15) is 4.79 Å². The van der Waals surface area contributed by atoms with Crippen LogP contribution in [0.1, 0.15) is 21.7 Å². The summed E-state index contributed by atoms with van der Waals surface area (Å²) >= 11 is 5.11. The molecule has 2 aromatic rings. The van der Waals surface area contributed by atoms with Crippen LogP contribution in [0.4, 0.5) is 0 Å². The lowest BCUT2D eigenvalue weighted by Crippen LogP contribution is -2.15. The number of benzene rings is 1. The normalized spacial score (nSPS) is 14.6. The number of halogens is 1. The van der Waals surface area contributed by atoms with Gasteiger partial charge in [0.25, 0.3) is 0 Å². The van der Waals surface area contributed by atoms with Crippen LogP contribution in [0.3, 0.4) is 0 Å². The molecule has 0 saturated carbocycles. The number of carbonyl (C=O) groups is 1. The summed E-state index contributed by atoms with van der Waals surface area (Å²) in [5.41, 5.74) is 2.72. The third-order valence-electron chi connectivity index (χ3n) is 3.03. The van der Waals surface area contributed by atoms with E-state index >= 15 is 0 Å². The molecule has 1 aliphatic heterocycles. The Bertz CT molecular complexity index is 591. The first-order valence-electron chi connectivity index (χ1n) is 5.38. The molecular formula is C12H10ClNO3. The molecule has 0 unspecified atom stereocenters. The maximum atomic E-state index is 11.5. The Kier molecular flexibility index (Phi) is 2.53. The Morgan fingerprint density at radius 3 is 3.18 bits per heavy atom. The van der Waals surface area contributed by atoms with Crippen molar-refractivity contribution in [3.8, 4) is 0 Å². The van der Waals surface area contributed by atoms with Gasteiger partial charge in [0.2, 0.25) is 5.76 Å². The van der Waals surface area contributed by atoms with Crippen LogP contribution < -0.4 is 5.32 Å². The molecule has 0 fully saturated rings. The molecule has 0 spiro atoms. The summed E-state index contributed by atoms with van der Waals surface area (Å²) in [5, 5.41) is 4.26. The van der Waals surface area contributed by atoms with Crippen molar-refractivity contribution in [3.63, 3.8) is 0 Å². The third-order valence-corrected chi connectivity index (χ3v) is 3.17. The lowest BCUT2D eigenvalue weighted by Gasteiger charge is -1.99. The fraction of sp³-hybridized carbons (Fsp3) is 0.250. The number of rotatable bonds is 1. The van der Waals surface area contributed by atoms with Gasteiger partial charge in [0.15, 0.2) is 0 Å². The smallest absolute Gasteiger partial charge is 0.392 e. The highest BCUT2D eigenvalue weighted by molar-refractivity contribution is 6.16. The lowest BCUT2D eigenvalue weighted by molar-refractivity contribution is 0.0719. The average Bonchev–Trinajstić information content (AvgIpc) is 2.58. The molecule has 0 saturated heterocycles. The van der Waals surface area contributed by atoms with Gasteiger partial charge >= 0.3 is 5.97 Å². The molecule has 88 valence electrons. The van der Waals surface area contributed by atoms with Crippen LogP contribution in [0, 0.1) is 0 Å². The fourth-order valence-electron chi connectivity index (χ4n) is 2.30. The lowest BCUT2D eigenvalue weighted by atomic mass is 10.0. The van der Waals surface area contributed by atoms with Crippen molar-refractivity contribution in [2.75, 3.05) is 6.54 Å². The van der Waals surface area contributed by atoms with Crippen molar-refractivity contribution in [1.29, 1.82) is 0 Å². The zero-order valence-corrected chi connectivity index (χ0v) is 9.71. The van der Waals surface area contributed by atoms with Gasteiger partial charge in [0.05, 0.1) is 0 Å². The predicted molar refractivity (Wildman–Crippen MR) is 62.9 cm³/mol. The van der Waals surface area contributed by atoms with Gasteiger partial charge < -0.3 is 14.0 Å². The van der Waals surface area contributed by atoms with Gasteiger partial charge in [0, 0.05) is 17.5 Å². The van der Waals surface area contributed by atoms with Gasteiger partial charge in [0.1, 0.15) is 17.4 Å². The molecule has 2 heterocycles. The summed E-state index contributed by atoms with van der Waals surface area (Å²) in [5.74, 6) is -0.454. The highest BCUT2D eigenvalue weighted by Gasteiger charge is 2.24. The maximum Gasteiger partial charge on any atom is 0.392 e. The minimum absolute atomic E-state index is 0.192. The number of furan rings is 1. The second-order valence-electron chi connectivity index (χ2n) is 3.99. The number of hydrogen-bond acceptors (Lipinski definition) is 4. The fourth-order valence-corrected chi connectivity index (χ4v) is 2.37. The first kappa shape index (κ1) is 10.6. The van der Waals surface area contributed by atoms with Gasteiger partial charge in [-0.2, -0.15) is 0 Å². The minimum Gasteiger partial charge on any atom is -0.449 e. The number of carbonyl (C=O) groups excluding carboxylic acids is 1. The summed E-state index contributed by atoms with van der Waals surface area (Å²) in [6.07, 6.45) is 0.916. The monoisotopic (exact) mass is 251 g/mol. The Labute approximate surface area is 103 Å². The van der Waals surface area contributed by atoms with E-state index in [1.54, 1.807) is 0 Å². The van der Waals surface area contributed by atoms with Gasteiger partial charge in [-0.3, -0.25) is 0 Å². The van der Waals surface area contributed by atoms with E-state index in [2.05, 4.69) is 9.61 Å². The Morgan fingerprint density at radius 2 is 2.35 bits per heavy atom. The summed E-state index contributed by atoms with van der Waals surface area (Å²) in [7, 11) is 0. The topological polar surface area (TPSA) is 51.5 Å². The number of hydrogen-bond donors (Lipinski definition) is 1. The van der Waals surface area contributed by atoms with Crippen LogP contribution in [-0.4, -0.2) is 12.5 Å². The molecule has 17 heavy (non-hydrogen) atoms. The van der Waals surface area contributed by atoms with Gasteiger partial charge in [-0.25, -0.2) is 4.79 Å². The molecule has 0 atom stereocenters. The van der Waals surface area contributed by atoms with Crippen LogP contribution >= 0.6 is 11.9 Å². The zero-order valence-electron chi connectivity index (χ0n) is 8.96. The zero-order chi connectivity index (χ0) is 11.8. The maximum absolute atomic E-state index is 11.5. The van der Waals surface area contributed by atoms with E-state index in [1.807, 2.05) is 18.2 Å². The summed E-state index contributed by atoms with van der Waals surface area (Å²) < 4.78 is 9.74. The van der Waals surface area contributed by atoms with E-state index in [-0.39, 0.29) is 5.76 Å². The molecule has 0 amide bonds. The van der Waals surface area contributed by atoms with E-state index in [1.165, 1.54) is 5.56 Å². The summed E-state index contributed by atoms with van der Waals surface area (Å²) in [4.78, 5) is 11.5. The van der Waals surface area contributed by atoms with Gasteiger partial charge in [-0.1, -0.05) is 12.1 Å². The van der Waals surface area contributed by atoms with Crippen LogP contribution in [0.5, 0.6) is 0 Å². The second kappa shape index (κ2) is 4.05. The molecule has 1 aromatic carbocycles. The quantitative estimate of drug-likeness (QED) is 0.846. The first-order chi connectivity index (χ1) is 8.31. The molecule has 5 heteroatoms. The standard InChI is InChI=1S/C12H10ClNO3/c13-17-12(15)11-8-6-14-5-4-7-2-1-3-9(16-11)10(7)8/h1-3,14H,4-6H2. The van der Waals surface area contributed by atoms with Crippen LogP contribution in [0.15, 0.2) is 22.6 Å². The van der Waals surface area contributed by atoms with Crippen LogP contribution in [0.2, 0.25) is 0 Å². The van der Waals surface area contributed by atoms with Crippen molar-refractivity contribution in [2.24, 2.45) is 0 Å². The van der Waals surface area contributed by atoms with Crippen molar-refractivity contribution in [3.05, 3.63) is 35.1 Å². The molecule has 0 bridgehead atoms. The van der Waals surface area contributed by atoms with E-state index in [4.69, 9.17) is 16.3 Å². The molecule has 1 aliphatic rings. The van der Waals surface area contributed by atoms with Crippen molar-refractivity contribution in [2.45, 2.75) is 13.0 Å². The molecule has 4 nitrogen and oxygen atoms in total. The predicted octanol–water partition coefficient (Wildman–Crippen LogP) is 2.39. The summed E-state index contributed by atoms with van der Waals surface area (Å²) in [6, 6.07) is 5.81. The second-order valence-corrected chi connectivity index (χ2v) is 4.15. The first-order valence-corrected chi connectivity index (χ1v) is 5.69. The van der Waals surface area contributed by atoms with E-state index < -0.39 is 5.97 Å². The third kappa shape index (κ3) is 1.61. The Balaban J connectivity index is 2.31. The highest BCUT2D eigenvalue weighted by atomic mass is 35.5. The van der Waals surface area contributed by atoms with Crippen LogP contribution in [0.25, 0.3) is 11.0 Å². The largest absolute Gasteiger partial charge is 0.449 e. The summed E-state index contributed by atoms with van der Waals surface area (Å²) in [6.45, 7) is 1.47. The molecule has 0 radical (unpaired) electrons. The van der Waals surface area contributed by atoms with Gasteiger partial charge in [-0.05, 0) is 24.6 Å². The molecular weight excluding hydrogens is 242 g/mol. The SMILES string of the molecule is O=C(OCl)c1oc2cccc3c2c1CNCC3. The Hall–Kier alpha value is -1.52. The molecule has 1 N–H and O–H groups in total. The van der Waals surface area contributed by atoms with Crippen molar-refractivity contribution in [1.82, 2.24) is 5.32 Å². The van der Waals surface area contributed by atoms with Gasteiger partial charge in [-0.15, -0.1) is 0 Å². The van der Waals surface area contributed by atoms with Crippen molar-refractivity contribution < 1.29 is 13.5 Å². The van der Waals surface area contributed by atoms with E-state index in [0.717, 1.165) is 23.9 Å². The molecule has 1 aromatic heterocycles. The molecule has 0 aliphatic carbocycles. The number of nitrogens with one attached hydrogen (secondary N) is 1. The highest BCUT2D eigenvalue weighted by Crippen LogP contribution is 2.31. The van der Waals surface area contributed by atoms with Crippen LogP contribution in [-0.2, 0) is 17.3 Å². The van der Waals surface area contributed by atoms with Crippen molar-refractivity contribution >= 4 is 28.8 Å². The molecule has 3 rings (SSSR count). The Morgan fingerprint density at radius 1 is 1.47 bits per heavy atom. The minimum atomic E-state index is -0.646. The average molecular weight is 252 g/mol. The van der Waals surface area contributed by atoms with E-state index in [0.29, 0.717) is 12.1 Å².